The number of aliphatic hydroxyl groups is 1. The van der Waals surface area contributed by atoms with Crippen LogP contribution in [-0.2, 0) is 16.1 Å². The lowest BCUT2D eigenvalue weighted by atomic mass is 9.91. The average Bonchev–Trinajstić information content (AvgIpc) is 2.91. The van der Waals surface area contributed by atoms with Crippen LogP contribution in [0.1, 0.15) is 12.8 Å². The normalized spacial score (nSPS) is 17.6. The summed E-state index contributed by atoms with van der Waals surface area (Å²) in [5.41, 5.74) is -0.702. The van der Waals surface area contributed by atoms with Crippen LogP contribution in [0.15, 0.2) is 36.5 Å². The Morgan fingerprint density at radius 1 is 1.14 bits per heavy atom. The molecule has 2 heterocycles. The van der Waals surface area contributed by atoms with E-state index in [0.717, 1.165) is 10.9 Å². The summed E-state index contributed by atoms with van der Waals surface area (Å²) in [4.78, 5) is 25.0. The van der Waals surface area contributed by atoms with E-state index in [2.05, 4.69) is 0 Å². The number of hydrogen-bond donors (Lipinski definition) is 2. The largest absolute Gasteiger partial charge is 0.479 e. The number of rotatable bonds is 3. The molecule has 22 heavy (non-hydrogen) atoms. The van der Waals surface area contributed by atoms with Crippen LogP contribution < -0.4 is 0 Å². The molecule has 116 valence electrons. The minimum absolute atomic E-state index is 0.0613. The number of carboxylic acid groups (broad SMARTS) is 1. The third-order valence-corrected chi connectivity index (χ3v) is 4.33. The van der Waals surface area contributed by atoms with E-state index >= 15 is 0 Å². The topological polar surface area (TPSA) is 82.8 Å². The second-order valence-corrected chi connectivity index (χ2v) is 5.72. The van der Waals surface area contributed by atoms with Crippen molar-refractivity contribution in [1.29, 1.82) is 0 Å². The van der Waals surface area contributed by atoms with E-state index in [1.807, 2.05) is 41.1 Å². The first kappa shape index (κ1) is 14.6. The number of aliphatic carboxylic acids is 1. The molecule has 2 aromatic rings. The Bertz CT molecular complexity index is 714. The van der Waals surface area contributed by atoms with Crippen molar-refractivity contribution in [1.82, 2.24) is 9.47 Å². The molecule has 0 radical (unpaired) electrons. The second-order valence-electron chi connectivity index (χ2n) is 5.72. The van der Waals surface area contributed by atoms with E-state index in [1.165, 1.54) is 0 Å². The molecule has 2 N–H and O–H groups in total. The second kappa shape index (κ2) is 5.46. The van der Waals surface area contributed by atoms with E-state index in [0.29, 0.717) is 0 Å². The van der Waals surface area contributed by atoms with Gasteiger partial charge in [-0.3, -0.25) is 4.79 Å². The number of carbonyl (C=O) groups excluding carboxylic acids is 1. The lowest BCUT2D eigenvalue weighted by Gasteiger charge is -2.35. The third kappa shape index (κ3) is 2.57. The molecule has 1 amide bonds. The van der Waals surface area contributed by atoms with Gasteiger partial charge in [-0.15, -0.1) is 0 Å². The molecule has 1 fully saturated rings. The van der Waals surface area contributed by atoms with Crippen molar-refractivity contribution in [2.24, 2.45) is 0 Å². The molecule has 0 atom stereocenters. The Labute approximate surface area is 127 Å². The fourth-order valence-electron chi connectivity index (χ4n) is 2.86. The number of aromatic nitrogens is 1. The van der Waals surface area contributed by atoms with E-state index in [-0.39, 0.29) is 38.4 Å². The number of benzene rings is 1. The van der Waals surface area contributed by atoms with E-state index < -0.39 is 11.6 Å². The van der Waals surface area contributed by atoms with Crippen LogP contribution in [0.2, 0.25) is 0 Å². The van der Waals surface area contributed by atoms with Crippen LogP contribution in [0, 0.1) is 0 Å². The number of piperidine rings is 1. The molecule has 6 nitrogen and oxygen atoms in total. The quantitative estimate of drug-likeness (QED) is 0.889. The summed E-state index contributed by atoms with van der Waals surface area (Å²) in [6, 6.07) is 9.79. The van der Waals surface area contributed by atoms with E-state index in [9.17, 15) is 14.7 Å². The van der Waals surface area contributed by atoms with Gasteiger partial charge in [0.25, 0.3) is 0 Å². The molecular formula is C16H18N2O4. The van der Waals surface area contributed by atoms with Crippen molar-refractivity contribution in [2.75, 3.05) is 13.1 Å². The van der Waals surface area contributed by atoms with E-state index in [1.54, 1.807) is 4.90 Å². The summed E-state index contributed by atoms with van der Waals surface area (Å²) in [5.74, 6) is -1.27. The summed E-state index contributed by atoms with van der Waals surface area (Å²) in [6.07, 6.45) is 2.01. The monoisotopic (exact) mass is 302 g/mol. The maximum absolute atomic E-state index is 12.4. The Morgan fingerprint density at radius 3 is 2.50 bits per heavy atom. The number of likely N-dealkylation sites (tertiary alicyclic amines) is 1. The highest BCUT2D eigenvalue weighted by Gasteiger charge is 2.40. The van der Waals surface area contributed by atoms with Gasteiger partial charge in [-0.2, -0.15) is 0 Å². The van der Waals surface area contributed by atoms with Gasteiger partial charge >= 0.3 is 5.97 Å². The highest BCUT2D eigenvalue weighted by atomic mass is 16.4. The van der Waals surface area contributed by atoms with Gasteiger partial charge in [0.2, 0.25) is 5.91 Å². The molecule has 0 spiro atoms. The Hall–Kier alpha value is -2.34. The molecule has 1 aliphatic rings. The molecular weight excluding hydrogens is 284 g/mol. The summed E-state index contributed by atoms with van der Waals surface area (Å²) < 4.78 is 1.88. The Morgan fingerprint density at radius 2 is 1.82 bits per heavy atom. The SMILES string of the molecule is O=C(Cn1ccc2ccccc21)N1CCC(O)(C(=O)O)CC1. The number of nitrogens with zero attached hydrogens (tertiary/aromatic N) is 2. The molecule has 0 bridgehead atoms. The number of carbonyl (C=O) groups is 2. The summed E-state index contributed by atoms with van der Waals surface area (Å²) in [6.45, 7) is 0.751. The van der Waals surface area contributed by atoms with Crippen molar-refractivity contribution < 1.29 is 19.8 Å². The molecule has 1 aromatic heterocycles. The standard InChI is InChI=1S/C16H18N2O4/c19-14(17-9-6-16(22,7-10-17)15(20)21)11-18-8-5-12-3-1-2-4-13(12)18/h1-5,8,22H,6-7,9-11H2,(H,20,21). The van der Waals surface area contributed by atoms with Crippen LogP contribution in [0.3, 0.4) is 0 Å². The molecule has 1 aromatic carbocycles. The van der Waals surface area contributed by atoms with Gasteiger partial charge in [-0.05, 0) is 17.5 Å². The summed E-state index contributed by atoms with van der Waals surface area (Å²) >= 11 is 0. The zero-order chi connectivity index (χ0) is 15.7. The Kier molecular flexibility index (Phi) is 3.62. The summed E-state index contributed by atoms with van der Waals surface area (Å²) in [7, 11) is 0. The summed E-state index contributed by atoms with van der Waals surface area (Å²) in [5, 5.41) is 20.0. The van der Waals surface area contributed by atoms with Crippen LogP contribution in [0.4, 0.5) is 0 Å². The number of fused-ring (bicyclic) bond motifs is 1. The molecule has 0 saturated carbocycles. The van der Waals surface area contributed by atoms with Crippen LogP contribution in [-0.4, -0.2) is 50.2 Å². The molecule has 6 heteroatoms. The molecule has 0 aliphatic carbocycles. The predicted octanol–water partition coefficient (Wildman–Crippen LogP) is 1.08. The van der Waals surface area contributed by atoms with E-state index in [4.69, 9.17) is 5.11 Å². The zero-order valence-electron chi connectivity index (χ0n) is 12.1. The lowest BCUT2D eigenvalue weighted by molar-refractivity contribution is -0.165. The highest BCUT2D eigenvalue weighted by molar-refractivity contribution is 5.83. The van der Waals surface area contributed by atoms with Crippen LogP contribution >= 0.6 is 0 Å². The van der Waals surface area contributed by atoms with Gasteiger partial charge in [0, 0.05) is 37.6 Å². The minimum Gasteiger partial charge on any atom is -0.479 e. The number of carboxylic acids is 1. The van der Waals surface area contributed by atoms with Crippen molar-refractivity contribution in [2.45, 2.75) is 25.0 Å². The zero-order valence-corrected chi connectivity index (χ0v) is 12.1. The Balaban J connectivity index is 1.67. The average molecular weight is 302 g/mol. The number of para-hydroxylation sites is 1. The van der Waals surface area contributed by atoms with Crippen molar-refractivity contribution >= 4 is 22.8 Å². The van der Waals surface area contributed by atoms with Gasteiger partial charge < -0.3 is 19.7 Å². The lowest BCUT2D eigenvalue weighted by Crippen LogP contribution is -2.51. The van der Waals surface area contributed by atoms with Gasteiger partial charge in [-0.1, -0.05) is 18.2 Å². The van der Waals surface area contributed by atoms with Crippen molar-refractivity contribution in [3.05, 3.63) is 36.5 Å². The number of hydrogen-bond acceptors (Lipinski definition) is 3. The van der Waals surface area contributed by atoms with Crippen LogP contribution in [0.25, 0.3) is 10.9 Å². The molecule has 1 aliphatic heterocycles. The maximum atomic E-state index is 12.4. The first-order valence-electron chi connectivity index (χ1n) is 7.27. The van der Waals surface area contributed by atoms with Crippen molar-refractivity contribution in [3.63, 3.8) is 0 Å². The van der Waals surface area contributed by atoms with Gasteiger partial charge in [0.15, 0.2) is 5.60 Å². The third-order valence-electron chi connectivity index (χ3n) is 4.33. The molecule has 3 rings (SSSR count). The minimum atomic E-state index is -1.70. The highest BCUT2D eigenvalue weighted by Crippen LogP contribution is 2.23. The fourth-order valence-corrected chi connectivity index (χ4v) is 2.86. The first-order chi connectivity index (χ1) is 10.5. The fraction of sp³-hybridized carbons (Fsp3) is 0.375. The molecule has 1 saturated heterocycles. The van der Waals surface area contributed by atoms with Crippen LogP contribution in [0.5, 0.6) is 0 Å². The van der Waals surface area contributed by atoms with Gasteiger partial charge in [0.1, 0.15) is 6.54 Å². The van der Waals surface area contributed by atoms with Gasteiger partial charge in [0.05, 0.1) is 0 Å². The predicted molar refractivity (Wildman–Crippen MR) is 80.3 cm³/mol. The maximum Gasteiger partial charge on any atom is 0.335 e. The molecule has 0 unspecified atom stereocenters. The van der Waals surface area contributed by atoms with Gasteiger partial charge in [-0.25, -0.2) is 4.79 Å². The first-order valence-corrected chi connectivity index (χ1v) is 7.27. The van der Waals surface area contributed by atoms with Crippen molar-refractivity contribution in [3.8, 4) is 0 Å². The smallest absolute Gasteiger partial charge is 0.335 e. The number of amides is 1.